The molecule has 0 amide bonds. The topological polar surface area (TPSA) is 38.7 Å². The SMILES string of the molecule is c1ccc(-c2ccc(-c3nc(-c4ccc(-c5ccccc5)cc4)nc(-c4ccc5cc(-c6ccccc6-c6ccccc6)ccc5c4)n3)cc2)cc1. The van der Waals surface area contributed by atoms with Crippen LogP contribution in [0.4, 0.5) is 0 Å². The van der Waals surface area contributed by atoms with Crippen LogP contribution in [-0.4, -0.2) is 15.0 Å². The molecule has 0 bridgehead atoms. The van der Waals surface area contributed by atoms with Crippen LogP contribution in [0, 0.1) is 0 Å². The lowest BCUT2D eigenvalue weighted by atomic mass is 9.93. The van der Waals surface area contributed by atoms with Gasteiger partial charge in [-0.1, -0.05) is 188 Å². The second kappa shape index (κ2) is 13.7. The molecule has 1 aromatic heterocycles. The van der Waals surface area contributed by atoms with E-state index in [-0.39, 0.29) is 0 Å². The van der Waals surface area contributed by atoms with E-state index in [0.717, 1.165) is 38.6 Å². The molecule has 3 heteroatoms. The van der Waals surface area contributed by atoms with E-state index in [1.807, 2.05) is 12.1 Å². The summed E-state index contributed by atoms with van der Waals surface area (Å²) in [6.45, 7) is 0. The van der Waals surface area contributed by atoms with Gasteiger partial charge in [-0.05, 0) is 67.4 Å². The Morgan fingerprint density at radius 2 is 0.519 bits per heavy atom. The van der Waals surface area contributed by atoms with Gasteiger partial charge in [-0.15, -0.1) is 0 Å². The van der Waals surface area contributed by atoms with Crippen LogP contribution >= 0.6 is 0 Å². The highest BCUT2D eigenvalue weighted by molar-refractivity contribution is 5.93. The van der Waals surface area contributed by atoms with Gasteiger partial charge in [0.25, 0.3) is 0 Å². The Morgan fingerprint density at radius 3 is 1.00 bits per heavy atom. The van der Waals surface area contributed by atoms with E-state index in [0.29, 0.717) is 17.5 Å². The maximum absolute atomic E-state index is 5.06. The Morgan fingerprint density at radius 1 is 0.212 bits per heavy atom. The first-order valence-electron chi connectivity index (χ1n) is 17.5. The Bertz CT molecular complexity index is 2530. The molecule has 0 aliphatic carbocycles. The fraction of sp³-hybridized carbons (Fsp3) is 0. The lowest BCUT2D eigenvalue weighted by Crippen LogP contribution is -2.00. The summed E-state index contributed by atoms with van der Waals surface area (Å²) >= 11 is 0. The molecule has 0 saturated heterocycles. The molecule has 1 heterocycles. The van der Waals surface area contributed by atoms with Gasteiger partial charge < -0.3 is 0 Å². The van der Waals surface area contributed by atoms with Crippen molar-refractivity contribution in [1.82, 2.24) is 15.0 Å². The van der Waals surface area contributed by atoms with E-state index in [2.05, 4.69) is 188 Å². The van der Waals surface area contributed by atoms with Gasteiger partial charge in [0.05, 0.1) is 0 Å². The number of benzene rings is 8. The minimum Gasteiger partial charge on any atom is -0.208 e. The van der Waals surface area contributed by atoms with Crippen LogP contribution in [-0.2, 0) is 0 Å². The summed E-state index contributed by atoms with van der Waals surface area (Å²) in [5, 5.41) is 2.29. The summed E-state index contributed by atoms with van der Waals surface area (Å²) in [4.78, 5) is 15.1. The number of hydrogen-bond acceptors (Lipinski definition) is 3. The van der Waals surface area contributed by atoms with Crippen LogP contribution in [0.25, 0.3) is 89.4 Å². The predicted octanol–water partition coefficient (Wildman–Crippen LogP) is 12.7. The summed E-state index contributed by atoms with van der Waals surface area (Å²) in [6.07, 6.45) is 0. The van der Waals surface area contributed by atoms with Gasteiger partial charge in [0.15, 0.2) is 17.5 Å². The fourth-order valence-electron chi connectivity index (χ4n) is 6.80. The Balaban J connectivity index is 1.11. The smallest absolute Gasteiger partial charge is 0.164 e. The van der Waals surface area contributed by atoms with Gasteiger partial charge >= 0.3 is 0 Å². The maximum atomic E-state index is 5.06. The van der Waals surface area contributed by atoms with E-state index < -0.39 is 0 Å². The van der Waals surface area contributed by atoms with Crippen molar-refractivity contribution in [3.63, 3.8) is 0 Å². The number of nitrogens with zero attached hydrogens (tertiary/aromatic N) is 3. The first-order chi connectivity index (χ1) is 25.7. The molecule has 3 nitrogen and oxygen atoms in total. The van der Waals surface area contributed by atoms with Gasteiger partial charge in [-0.25, -0.2) is 15.0 Å². The molecule has 0 aliphatic heterocycles. The van der Waals surface area contributed by atoms with Crippen LogP contribution in [0.1, 0.15) is 0 Å². The molecule has 0 N–H and O–H groups in total. The lowest BCUT2D eigenvalue weighted by molar-refractivity contribution is 1.07. The summed E-state index contributed by atoms with van der Waals surface area (Å²) in [7, 11) is 0. The Hall–Kier alpha value is -6.97. The maximum Gasteiger partial charge on any atom is 0.164 e. The summed E-state index contributed by atoms with van der Waals surface area (Å²) in [5.74, 6) is 1.92. The Kier molecular flexibility index (Phi) is 8.20. The van der Waals surface area contributed by atoms with Crippen molar-refractivity contribution in [3.05, 3.63) is 200 Å². The molecule has 0 aliphatic rings. The fourth-order valence-corrected chi connectivity index (χ4v) is 6.80. The summed E-state index contributed by atoms with van der Waals surface area (Å²) in [5.41, 5.74) is 12.3. The van der Waals surface area contributed by atoms with Crippen LogP contribution in [0.3, 0.4) is 0 Å². The van der Waals surface area contributed by atoms with Crippen LogP contribution in [0.2, 0.25) is 0 Å². The van der Waals surface area contributed by atoms with Crippen molar-refractivity contribution in [2.45, 2.75) is 0 Å². The molecule has 8 aromatic carbocycles. The summed E-state index contributed by atoms with van der Waals surface area (Å²) in [6, 6.07) is 70.0. The highest BCUT2D eigenvalue weighted by Crippen LogP contribution is 2.35. The molecule has 0 unspecified atom stereocenters. The molecule has 0 spiro atoms. The quantitative estimate of drug-likeness (QED) is 0.170. The second-order valence-corrected chi connectivity index (χ2v) is 12.9. The zero-order chi connectivity index (χ0) is 34.7. The number of hydrogen-bond donors (Lipinski definition) is 0. The van der Waals surface area contributed by atoms with E-state index in [4.69, 9.17) is 15.0 Å². The van der Waals surface area contributed by atoms with Gasteiger partial charge in [-0.3, -0.25) is 0 Å². The third-order valence-corrected chi connectivity index (χ3v) is 9.56. The minimum atomic E-state index is 0.639. The van der Waals surface area contributed by atoms with Gasteiger partial charge in [0, 0.05) is 16.7 Å². The molecular formula is C49H33N3. The van der Waals surface area contributed by atoms with Crippen LogP contribution < -0.4 is 0 Å². The van der Waals surface area contributed by atoms with Crippen LogP contribution in [0.15, 0.2) is 200 Å². The summed E-state index contributed by atoms with van der Waals surface area (Å²) < 4.78 is 0. The van der Waals surface area contributed by atoms with E-state index in [9.17, 15) is 0 Å². The molecule has 244 valence electrons. The predicted molar refractivity (Wildman–Crippen MR) is 215 cm³/mol. The van der Waals surface area contributed by atoms with E-state index in [1.54, 1.807) is 0 Å². The zero-order valence-corrected chi connectivity index (χ0v) is 28.4. The minimum absolute atomic E-state index is 0.639. The zero-order valence-electron chi connectivity index (χ0n) is 28.4. The van der Waals surface area contributed by atoms with Gasteiger partial charge in [-0.2, -0.15) is 0 Å². The molecule has 0 atom stereocenters. The Labute approximate surface area is 303 Å². The third kappa shape index (κ3) is 6.28. The van der Waals surface area contributed by atoms with Crippen molar-refractivity contribution in [3.8, 4) is 78.7 Å². The van der Waals surface area contributed by atoms with Crippen molar-refractivity contribution in [1.29, 1.82) is 0 Å². The third-order valence-electron chi connectivity index (χ3n) is 9.56. The molecule has 0 fully saturated rings. The monoisotopic (exact) mass is 663 g/mol. The number of aromatic nitrogens is 3. The molecule has 0 saturated carbocycles. The highest BCUT2D eigenvalue weighted by Gasteiger charge is 2.14. The average Bonchev–Trinajstić information content (AvgIpc) is 3.24. The molecule has 9 aromatic rings. The number of rotatable bonds is 7. The van der Waals surface area contributed by atoms with Crippen molar-refractivity contribution >= 4 is 10.8 Å². The largest absolute Gasteiger partial charge is 0.208 e. The standard InChI is InChI=1S/C49H33N3/c1-4-12-34(13-5-1)36-20-24-39(25-21-36)47-50-48(40-26-22-37(23-27-40)35-14-6-2-7-15-35)52-49(51-47)44-31-29-41-32-43(30-28-42(41)33-44)46-19-11-10-18-45(46)38-16-8-3-9-17-38/h1-33H. The molecule has 0 radical (unpaired) electrons. The van der Waals surface area contributed by atoms with E-state index in [1.165, 1.54) is 33.4 Å². The molecular weight excluding hydrogens is 631 g/mol. The second-order valence-electron chi connectivity index (χ2n) is 12.9. The molecule has 9 rings (SSSR count). The van der Waals surface area contributed by atoms with Crippen molar-refractivity contribution in [2.75, 3.05) is 0 Å². The van der Waals surface area contributed by atoms with E-state index >= 15 is 0 Å². The van der Waals surface area contributed by atoms with Gasteiger partial charge in [0.1, 0.15) is 0 Å². The van der Waals surface area contributed by atoms with Crippen LogP contribution in [0.5, 0.6) is 0 Å². The normalized spacial score (nSPS) is 11.1. The molecule has 52 heavy (non-hydrogen) atoms. The van der Waals surface area contributed by atoms with Gasteiger partial charge in [0.2, 0.25) is 0 Å². The first-order valence-corrected chi connectivity index (χ1v) is 17.5. The lowest BCUT2D eigenvalue weighted by Gasteiger charge is -2.12. The first kappa shape index (κ1) is 31.0. The highest BCUT2D eigenvalue weighted by atomic mass is 15.0. The number of fused-ring (bicyclic) bond motifs is 1. The van der Waals surface area contributed by atoms with Crippen molar-refractivity contribution < 1.29 is 0 Å². The van der Waals surface area contributed by atoms with Crippen molar-refractivity contribution in [2.24, 2.45) is 0 Å². The average molecular weight is 664 g/mol.